The van der Waals surface area contributed by atoms with Gasteiger partial charge in [-0.05, 0) is 50.8 Å². The monoisotopic (exact) mass is 260 g/mol. The Labute approximate surface area is 118 Å². The van der Waals surface area contributed by atoms with Crippen molar-refractivity contribution in [3.63, 3.8) is 0 Å². The van der Waals surface area contributed by atoms with Crippen LogP contribution in [0.4, 0.5) is 5.69 Å². The second-order valence-corrected chi connectivity index (χ2v) is 5.79. The van der Waals surface area contributed by atoms with Gasteiger partial charge in [-0.2, -0.15) is 0 Å². The molecule has 2 N–H and O–H groups in total. The lowest BCUT2D eigenvalue weighted by Crippen LogP contribution is -2.33. The lowest BCUT2D eigenvalue weighted by atomic mass is 10.0. The van der Waals surface area contributed by atoms with E-state index in [9.17, 15) is 0 Å². The lowest BCUT2D eigenvalue weighted by Gasteiger charge is -2.23. The van der Waals surface area contributed by atoms with Crippen LogP contribution in [0.3, 0.4) is 0 Å². The molecule has 2 unspecified atom stereocenters. The van der Waals surface area contributed by atoms with Crippen LogP contribution >= 0.6 is 0 Å². The fourth-order valence-electron chi connectivity index (χ4n) is 3.02. The average molecular weight is 260 g/mol. The third kappa shape index (κ3) is 4.54. The largest absolute Gasteiger partial charge is 0.382 e. The standard InChI is InChI=1S/C17H28N2/c1-3-15-9-6-7-11-17(15)19-14(2)13-16-10-5-4-8-12-18-16/h6-7,9,11,14,16,18-19H,3-5,8,10,12-13H2,1-2H3. The molecule has 1 aliphatic rings. The molecule has 106 valence electrons. The second kappa shape index (κ2) is 7.54. The number of para-hydroxylation sites is 1. The van der Waals surface area contributed by atoms with E-state index in [2.05, 4.69) is 48.7 Å². The zero-order chi connectivity index (χ0) is 13.5. The zero-order valence-electron chi connectivity index (χ0n) is 12.4. The molecule has 0 radical (unpaired) electrons. The minimum atomic E-state index is 0.531. The predicted octanol–water partition coefficient (Wildman–Crippen LogP) is 3.97. The van der Waals surface area contributed by atoms with Crippen molar-refractivity contribution in [1.82, 2.24) is 5.32 Å². The molecular weight excluding hydrogens is 232 g/mol. The van der Waals surface area contributed by atoms with E-state index in [4.69, 9.17) is 0 Å². The average Bonchev–Trinajstić information content (AvgIpc) is 2.68. The summed E-state index contributed by atoms with van der Waals surface area (Å²) >= 11 is 0. The summed E-state index contributed by atoms with van der Waals surface area (Å²) in [6, 6.07) is 9.90. The quantitative estimate of drug-likeness (QED) is 0.837. The smallest absolute Gasteiger partial charge is 0.0374 e. The predicted molar refractivity (Wildman–Crippen MR) is 83.8 cm³/mol. The Morgan fingerprint density at radius 3 is 2.95 bits per heavy atom. The minimum absolute atomic E-state index is 0.531. The van der Waals surface area contributed by atoms with Crippen LogP contribution in [0.25, 0.3) is 0 Å². The third-order valence-corrected chi connectivity index (χ3v) is 4.10. The molecule has 0 amide bonds. The first kappa shape index (κ1) is 14.4. The molecule has 2 rings (SSSR count). The van der Waals surface area contributed by atoms with Crippen LogP contribution in [0.2, 0.25) is 0 Å². The van der Waals surface area contributed by atoms with E-state index in [-0.39, 0.29) is 0 Å². The molecule has 1 aliphatic heterocycles. The minimum Gasteiger partial charge on any atom is -0.382 e. The molecule has 2 atom stereocenters. The lowest BCUT2D eigenvalue weighted by molar-refractivity contribution is 0.456. The van der Waals surface area contributed by atoms with Gasteiger partial charge in [0.05, 0.1) is 0 Å². The summed E-state index contributed by atoms with van der Waals surface area (Å²) < 4.78 is 0. The highest BCUT2D eigenvalue weighted by Crippen LogP contribution is 2.19. The second-order valence-electron chi connectivity index (χ2n) is 5.79. The van der Waals surface area contributed by atoms with E-state index >= 15 is 0 Å². The Morgan fingerprint density at radius 1 is 1.26 bits per heavy atom. The molecule has 19 heavy (non-hydrogen) atoms. The first-order valence-electron chi connectivity index (χ1n) is 7.87. The Bertz CT molecular complexity index is 367. The highest BCUT2D eigenvalue weighted by molar-refractivity contribution is 5.51. The zero-order valence-corrected chi connectivity index (χ0v) is 12.4. The topological polar surface area (TPSA) is 24.1 Å². The normalized spacial score (nSPS) is 21.7. The van der Waals surface area contributed by atoms with Crippen molar-refractivity contribution in [2.45, 2.75) is 64.5 Å². The Balaban J connectivity index is 1.87. The van der Waals surface area contributed by atoms with Crippen molar-refractivity contribution in [2.24, 2.45) is 0 Å². The molecule has 1 saturated heterocycles. The summed E-state index contributed by atoms with van der Waals surface area (Å²) in [5.41, 5.74) is 2.73. The first-order chi connectivity index (χ1) is 9.29. The first-order valence-corrected chi connectivity index (χ1v) is 7.87. The van der Waals surface area contributed by atoms with Gasteiger partial charge in [-0.1, -0.05) is 38.0 Å². The van der Waals surface area contributed by atoms with Gasteiger partial charge in [-0.3, -0.25) is 0 Å². The molecule has 0 aromatic heterocycles. The van der Waals surface area contributed by atoms with Gasteiger partial charge in [0.25, 0.3) is 0 Å². The maximum absolute atomic E-state index is 3.69. The Morgan fingerprint density at radius 2 is 2.11 bits per heavy atom. The molecular formula is C17H28N2. The van der Waals surface area contributed by atoms with Crippen molar-refractivity contribution in [1.29, 1.82) is 0 Å². The van der Waals surface area contributed by atoms with E-state index < -0.39 is 0 Å². The van der Waals surface area contributed by atoms with Crippen molar-refractivity contribution in [3.05, 3.63) is 29.8 Å². The van der Waals surface area contributed by atoms with E-state index in [1.807, 2.05) is 0 Å². The van der Waals surface area contributed by atoms with Crippen molar-refractivity contribution in [3.8, 4) is 0 Å². The summed E-state index contributed by atoms with van der Waals surface area (Å²) in [5, 5.41) is 7.38. The van der Waals surface area contributed by atoms with Gasteiger partial charge in [0.15, 0.2) is 0 Å². The van der Waals surface area contributed by atoms with Crippen LogP contribution < -0.4 is 10.6 Å². The number of benzene rings is 1. The summed E-state index contributed by atoms with van der Waals surface area (Å²) in [7, 11) is 0. The van der Waals surface area contributed by atoms with E-state index in [0.717, 1.165) is 6.42 Å². The van der Waals surface area contributed by atoms with Crippen molar-refractivity contribution in [2.75, 3.05) is 11.9 Å². The maximum Gasteiger partial charge on any atom is 0.0374 e. The van der Waals surface area contributed by atoms with Gasteiger partial charge >= 0.3 is 0 Å². The van der Waals surface area contributed by atoms with Crippen LogP contribution in [0.15, 0.2) is 24.3 Å². The van der Waals surface area contributed by atoms with Crippen molar-refractivity contribution >= 4 is 5.69 Å². The number of hydrogen-bond acceptors (Lipinski definition) is 2. The van der Waals surface area contributed by atoms with Crippen LogP contribution in [0, 0.1) is 0 Å². The van der Waals surface area contributed by atoms with E-state index in [0.29, 0.717) is 12.1 Å². The van der Waals surface area contributed by atoms with Crippen LogP contribution in [-0.4, -0.2) is 18.6 Å². The van der Waals surface area contributed by atoms with Gasteiger partial charge in [0.2, 0.25) is 0 Å². The van der Waals surface area contributed by atoms with Crippen LogP contribution in [0.1, 0.15) is 51.5 Å². The molecule has 0 spiro atoms. The van der Waals surface area contributed by atoms with Gasteiger partial charge in [-0.15, -0.1) is 0 Å². The van der Waals surface area contributed by atoms with Gasteiger partial charge in [0, 0.05) is 17.8 Å². The number of hydrogen-bond donors (Lipinski definition) is 2. The molecule has 0 bridgehead atoms. The van der Waals surface area contributed by atoms with Crippen LogP contribution in [0.5, 0.6) is 0 Å². The summed E-state index contributed by atoms with van der Waals surface area (Å²) in [4.78, 5) is 0. The molecule has 2 nitrogen and oxygen atoms in total. The van der Waals surface area contributed by atoms with E-state index in [1.165, 1.54) is 49.9 Å². The van der Waals surface area contributed by atoms with Crippen molar-refractivity contribution < 1.29 is 0 Å². The molecule has 1 aromatic carbocycles. The molecule has 2 heteroatoms. The maximum atomic E-state index is 3.69. The van der Waals surface area contributed by atoms with Gasteiger partial charge < -0.3 is 10.6 Å². The third-order valence-electron chi connectivity index (χ3n) is 4.10. The number of anilines is 1. The summed E-state index contributed by atoms with van der Waals surface area (Å²) in [6.07, 6.45) is 7.77. The summed E-state index contributed by atoms with van der Waals surface area (Å²) in [6.45, 7) is 5.72. The number of nitrogens with one attached hydrogen (secondary N) is 2. The highest BCUT2D eigenvalue weighted by atomic mass is 15.0. The Hall–Kier alpha value is -1.02. The number of aryl methyl sites for hydroxylation is 1. The SMILES string of the molecule is CCc1ccccc1NC(C)CC1CCCCCN1. The molecule has 0 aliphatic carbocycles. The summed E-state index contributed by atoms with van der Waals surface area (Å²) in [5.74, 6) is 0. The fourth-order valence-corrected chi connectivity index (χ4v) is 3.02. The Kier molecular flexibility index (Phi) is 5.71. The molecule has 1 aromatic rings. The fraction of sp³-hybridized carbons (Fsp3) is 0.647. The van der Waals surface area contributed by atoms with Gasteiger partial charge in [0.1, 0.15) is 0 Å². The molecule has 0 saturated carbocycles. The van der Waals surface area contributed by atoms with E-state index in [1.54, 1.807) is 0 Å². The molecule has 1 heterocycles. The van der Waals surface area contributed by atoms with Crippen LogP contribution in [-0.2, 0) is 6.42 Å². The number of rotatable bonds is 5. The molecule has 1 fully saturated rings. The highest BCUT2D eigenvalue weighted by Gasteiger charge is 2.15. The van der Waals surface area contributed by atoms with Gasteiger partial charge in [-0.25, -0.2) is 0 Å².